The monoisotopic (exact) mass is 464 g/mol. The molecule has 1 fully saturated rings. The lowest BCUT2D eigenvalue weighted by Crippen LogP contribution is -2.52. The third-order valence-electron chi connectivity index (χ3n) is 6.65. The van der Waals surface area contributed by atoms with Crippen molar-refractivity contribution in [1.29, 1.82) is 0 Å². The minimum absolute atomic E-state index is 0.00767. The fourth-order valence-electron chi connectivity index (χ4n) is 4.63. The molecule has 0 spiro atoms. The molecule has 0 heterocycles. The van der Waals surface area contributed by atoms with Crippen LogP contribution in [0.1, 0.15) is 69.4 Å². The number of aryl methyl sites for hydroxylation is 1. The quantitative estimate of drug-likeness (QED) is 0.425. The molecule has 0 aromatic heterocycles. The first-order valence-electron chi connectivity index (χ1n) is 12.9. The smallest absolute Gasteiger partial charge is 0.243 e. The van der Waals surface area contributed by atoms with Crippen LogP contribution in [-0.2, 0) is 16.0 Å². The maximum Gasteiger partial charge on any atom is 0.243 e. The molecule has 0 saturated heterocycles. The lowest BCUT2D eigenvalue weighted by molar-refractivity contribution is -0.141. The first-order valence-corrected chi connectivity index (χ1v) is 12.9. The van der Waals surface area contributed by atoms with E-state index in [1.54, 1.807) is 4.90 Å². The van der Waals surface area contributed by atoms with Gasteiger partial charge >= 0.3 is 0 Å². The Bertz CT molecular complexity index is 876. The number of rotatable bonds is 12. The maximum atomic E-state index is 13.3. The average molecular weight is 465 g/mol. The molecule has 1 aliphatic rings. The summed E-state index contributed by atoms with van der Waals surface area (Å²) in [7, 11) is 0. The van der Waals surface area contributed by atoms with E-state index in [9.17, 15) is 9.59 Å². The Hall–Kier alpha value is -2.82. The lowest BCUT2D eigenvalue weighted by Gasteiger charge is -2.33. The van der Waals surface area contributed by atoms with Crippen LogP contribution in [0.4, 0.5) is 0 Å². The highest BCUT2D eigenvalue weighted by molar-refractivity contribution is 5.87. The minimum atomic E-state index is -0.434. The molecule has 1 N–H and O–H groups in total. The van der Waals surface area contributed by atoms with E-state index in [1.165, 1.54) is 30.4 Å². The summed E-state index contributed by atoms with van der Waals surface area (Å²) >= 11 is 0. The molecule has 2 amide bonds. The van der Waals surface area contributed by atoms with E-state index in [1.807, 2.05) is 56.3 Å². The van der Waals surface area contributed by atoms with Crippen LogP contribution in [0.3, 0.4) is 0 Å². The van der Waals surface area contributed by atoms with E-state index in [4.69, 9.17) is 4.74 Å². The molecular weight excluding hydrogens is 424 g/mol. The second-order valence-corrected chi connectivity index (χ2v) is 9.36. The Morgan fingerprint density at radius 1 is 1.03 bits per heavy atom. The fourth-order valence-corrected chi connectivity index (χ4v) is 4.63. The highest BCUT2D eigenvalue weighted by Crippen LogP contribution is 2.19. The molecule has 1 atom stereocenters. The molecule has 1 unspecified atom stereocenters. The van der Waals surface area contributed by atoms with Crippen LogP contribution >= 0.6 is 0 Å². The van der Waals surface area contributed by atoms with E-state index >= 15 is 0 Å². The molecule has 0 radical (unpaired) electrons. The van der Waals surface area contributed by atoms with Crippen LogP contribution in [0.15, 0.2) is 54.6 Å². The molecule has 184 valence electrons. The molecular formula is C29H40N2O3. The molecule has 0 aliphatic heterocycles. The fraction of sp³-hybridized carbons (Fsp3) is 0.517. The summed E-state index contributed by atoms with van der Waals surface area (Å²) in [5.41, 5.74) is 2.36. The highest BCUT2D eigenvalue weighted by atomic mass is 16.5. The first-order chi connectivity index (χ1) is 16.6. The number of ether oxygens (including phenoxy) is 1. The lowest BCUT2D eigenvalue weighted by atomic mass is 9.95. The van der Waals surface area contributed by atoms with Gasteiger partial charge in [0.2, 0.25) is 11.8 Å². The van der Waals surface area contributed by atoms with E-state index in [0.29, 0.717) is 32.4 Å². The van der Waals surface area contributed by atoms with Gasteiger partial charge in [-0.05, 0) is 56.7 Å². The van der Waals surface area contributed by atoms with Crippen molar-refractivity contribution in [3.8, 4) is 5.75 Å². The zero-order chi connectivity index (χ0) is 24.2. The molecule has 2 aromatic carbocycles. The number of hydrogen-bond donors (Lipinski definition) is 1. The topological polar surface area (TPSA) is 58.6 Å². The van der Waals surface area contributed by atoms with Crippen LogP contribution in [-0.4, -0.2) is 41.9 Å². The molecule has 34 heavy (non-hydrogen) atoms. The zero-order valence-corrected chi connectivity index (χ0v) is 20.8. The average Bonchev–Trinajstić information content (AvgIpc) is 2.86. The summed E-state index contributed by atoms with van der Waals surface area (Å²) in [6.07, 6.45) is 7.99. The standard InChI is InChI=1S/C29H40N2O3/c1-3-27(29(33)30-25-13-8-5-9-14-25)31(21-20-24-11-6-4-7-12-24)28(32)15-10-22-34-26-18-16-23(2)17-19-26/h4,6-7,11-12,16-19,25,27H,3,5,8-10,13-15,20-22H2,1-2H3,(H,30,33). The van der Waals surface area contributed by atoms with Crippen molar-refractivity contribution in [1.82, 2.24) is 10.2 Å². The van der Waals surface area contributed by atoms with Gasteiger partial charge in [0.15, 0.2) is 0 Å². The Kier molecular flexibility index (Phi) is 10.5. The zero-order valence-electron chi connectivity index (χ0n) is 20.8. The first kappa shape index (κ1) is 25.8. The van der Waals surface area contributed by atoms with Crippen molar-refractivity contribution in [3.05, 3.63) is 65.7 Å². The Morgan fingerprint density at radius 2 is 1.74 bits per heavy atom. The third-order valence-corrected chi connectivity index (χ3v) is 6.65. The van der Waals surface area contributed by atoms with Crippen molar-refractivity contribution in [2.45, 2.75) is 83.7 Å². The predicted octanol–water partition coefficient (Wildman–Crippen LogP) is 5.45. The molecule has 2 aromatic rings. The number of carbonyl (C=O) groups is 2. The number of benzene rings is 2. The third kappa shape index (κ3) is 8.19. The maximum absolute atomic E-state index is 13.3. The van der Waals surface area contributed by atoms with Gasteiger partial charge in [-0.25, -0.2) is 0 Å². The van der Waals surface area contributed by atoms with Crippen molar-refractivity contribution in [3.63, 3.8) is 0 Å². The largest absolute Gasteiger partial charge is 0.494 e. The minimum Gasteiger partial charge on any atom is -0.494 e. The second-order valence-electron chi connectivity index (χ2n) is 9.36. The van der Waals surface area contributed by atoms with E-state index < -0.39 is 6.04 Å². The Morgan fingerprint density at radius 3 is 2.41 bits per heavy atom. The van der Waals surface area contributed by atoms with Crippen LogP contribution in [0.25, 0.3) is 0 Å². The number of nitrogens with zero attached hydrogens (tertiary/aromatic N) is 1. The van der Waals surface area contributed by atoms with Crippen molar-refractivity contribution >= 4 is 11.8 Å². The predicted molar refractivity (Wildman–Crippen MR) is 137 cm³/mol. The van der Waals surface area contributed by atoms with Crippen LogP contribution < -0.4 is 10.1 Å². The van der Waals surface area contributed by atoms with E-state index in [-0.39, 0.29) is 17.9 Å². The second kappa shape index (κ2) is 13.8. The SMILES string of the molecule is CCC(C(=O)NC1CCCCC1)N(CCc1ccccc1)C(=O)CCCOc1ccc(C)cc1. The van der Waals surface area contributed by atoms with Crippen molar-refractivity contribution in [2.75, 3.05) is 13.2 Å². The van der Waals surface area contributed by atoms with Crippen LogP contribution in [0, 0.1) is 6.92 Å². The van der Waals surface area contributed by atoms with Gasteiger partial charge in [-0.15, -0.1) is 0 Å². The van der Waals surface area contributed by atoms with Gasteiger partial charge in [0.25, 0.3) is 0 Å². The molecule has 1 saturated carbocycles. The number of carbonyl (C=O) groups excluding carboxylic acids is 2. The van der Waals surface area contributed by atoms with Crippen LogP contribution in [0.5, 0.6) is 5.75 Å². The Balaban J connectivity index is 1.59. The van der Waals surface area contributed by atoms with Gasteiger partial charge in [-0.1, -0.05) is 74.2 Å². The van der Waals surface area contributed by atoms with Gasteiger partial charge in [0.1, 0.15) is 11.8 Å². The summed E-state index contributed by atoms with van der Waals surface area (Å²) in [6, 6.07) is 17.9. The number of hydrogen-bond acceptors (Lipinski definition) is 3. The normalized spacial score (nSPS) is 14.9. The Labute approximate surface area is 204 Å². The summed E-state index contributed by atoms with van der Waals surface area (Å²) < 4.78 is 5.81. The van der Waals surface area contributed by atoms with E-state index in [2.05, 4.69) is 17.4 Å². The number of amides is 2. The van der Waals surface area contributed by atoms with Gasteiger partial charge < -0.3 is 15.0 Å². The molecule has 5 nitrogen and oxygen atoms in total. The van der Waals surface area contributed by atoms with Gasteiger partial charge in [0.05, 0.1) is 6.61 Å². The van der Waals surface area contributed by atoms with Crippen molar-refractivity contribution in [2.24, 2.45) is 0 Å². The van der Waals surface area contributed by atoms with Crippen LogP contribution in [0.2, 0.25) is 0 Å². The summed E-state index contributed by atoms with van der Waals surface area (Å²) in [5.74, 6) is 0.832. The molecule has 0 bridgehead atoms. The van der Waals surface area contributed by atoms with Gasteiger partial charge in [-0.3, -0.25) is 9.59 Å². The van der Waals surface area contributed by atoms with Gasteiger partial charge in [-0.2, -0.15) is 0 Å². The number of nitrogens with one attached hydrogen (secondary N) is 1. The molecule has 5 heteroatoms. The molecule has 1 aliphatic carbocycles. The van der Waals surface area contributed by atoms with E-state index in [0.717, 1.165) is 25.0 Å². The van der Waals surface area contributed by atoms with Crippen molar-refractivity contribution < 1.29 is 14.3 Å². The summed E-state index contributed by atoms with van der Waals surface area (Å²) in [4.78, 5) is 28.3. The molecule has 3 rings (SSSR count). The summed E-state index contributed by atoms with van der Waals surface area (Å²) in [6.45, 7) is 5.06. The van der Waals surface area contributed by atoms with Gasteiger partial charge in [0, 0.05) is 19.0 Å². The summed E-state index contributed by atoms with van der Waals surface area (Å²) in [5, 5.41) is 3.24. The highest BCUT2D eigenvalue weighted by Gasteiger charge is 2.29.